The molecule has 0 aliphatic rings. The first-order chi connectivity index (χ1) is 8.75. The van der Waals surface area contributed by atoms with Crippen molar-refractivity contribution in [1.82, 2.24) is 10.2 Å². The van der Waals surface area contributed by atoms with Crippen molar-refractivity contribution in [1.29, 1.82) is 0 Å². The van der Waals surface area contributed by atoms with Crippen LogP contribution < -0.4 is 5.73 Å². The molecule has 0 bridgehead atoms. The van der Waals surface area contributed by atoms with Crippen LogP contribution in [0, 0.1) is 0 Å². The highest BCUT2D eigenvalue weighted by atomic mass is 35.5. The highest BCUT2D eigenvalue weighted by Crippen LogP contribution is 2.37. The van der Waals surface area contributed by atoms with Crippen molar-refractivity contribution in [3.63, 3.8) is 0 Å². The fraction of sp³-hybridized carbons (Fsp3) is 0. The number of nitrogens with two attached hydrogens (primary N) is 1. The lowest BCUT2D eigenvalue weighted by Crippen LogP contribution is -1.88. The molecular weight excluding hydrogens is 266 g/mol. The summed E-state index contributed by atoms with van der Waals surface area (Å²) in [5, 5.41) is 9.79. The Morgan fingerprint density at radius 3 is 2.83 bits per heavy atom. The number of hydrogen-bond acceptors (Lipinski definition) is 3. The minimum atomic E-state index is 0.487. The van der Waals surface area contributed by atoms with Crippen LogP contribution in [-0.4, -0.2) is 10.2 Å². The Morgan fingerprint density at radius 1 is 1.22 bits per heavy atom. The van der Waals surface area contributed by atoms with Gasteiger partial charge in [-0.05, 0) is 29.1 Å². The standard InChI is InChI=1S/C13H10ClN3S/c14-9-4-1-3-8(7-9)11-12(16-17-13(11)15)10-5-2-6-18-10/h1-7H,(H3,15,16,17). The number of benzene rings is 1. The summed E-state index contributed by atoms with van der Waals surface area (Å²) in [5.74, 6) is 0.487. The van der Waals surface area contributed by atoms with Crippen molar-refractivity contribution in [2.75, 3.05) is 5.73 Å². The van der Waals surface area contributed by atoms with Gasteiger partial charge in [0, 0.05) is 5.02 Å². The highest BCUT2D eigenvalue weighted by Gasteiger charge is 2.15. The van der Waals surface area contributed by atoms with Crippen LogP contribution in [-0.2, 0) is 0 Å². The van der Waals surface area contributed by atoms with E-state index in [-0.39, 0.29) is 0 Å². The number of nitrogens with one attached hydrogen (secondary N) is 1. The van der Waals surface area contributed by atoms with Crippen LogP contribution >= 0.6 is 22.9 Å². The summed E-state index contributed by atoms with van der Waals surface area (Å²) < 4.78 is 0. The van der Waals surface area contributed by atoms with E-state index in [0.29, 0.717) is 10.8 Å². The van der Waals surface area contributed by atoms with Gasteiger partial charge in [0.2, 0.25) is 0 Å². The second-order valence-corrected chi connectivity index (χ2v) is 5.23. The molecule has 90 valence electrons. The van der Waals surface area contributed by atoms with Gasteiger partial charge in [0.05, 0.1) is 16.1 Å². The molecule has 18 heavy (non-hydrogen) atoms. The molecule has 3 rings (SSSR count). The zero-order valence-electron chi connectivity index (χ0n) is 9.35. The van der Waals surface area contributed by atoms with E-state index >= 15 is 0 Å². The summed E-state index contributed by atoms with van der Waals surface area (Å²) in [6.45, 7) is 0. The fourth-order valence-corrected chi connectivity index (χ4v) is 2.81. The van der Waals surface area contributed by atoms with Gasteiger partial charge in [0.15, 0.2) is 5.82 Å². The van der Waals surface area contributed by atoms with Crippen molar-refractivity contribution in [3.05, 3.63) is 46.8 Å². The van der Waals surface area contributed by atoms with Gasteiger partial charge < -0.3 is 5.73 Å². The predicted molar refractivity (Wildman–Crippen MR) is 76.8 cm³/mol. The van der Waals surface area contributed by atoms with Crippen molar-refractivity contribution < 1.29 is 0 Å². The molecule has 3 N–H and O–H groups in total. The van der Waals surface area contributed by atoms with Gasteiger partial charge in [-0.3, -0.25) is 5.10 Å². The van der Waals surface area contributed by atoms with Gasteiger partial charge in [-0.1, -0.05) is 29.8 Å². The first-order valence-electron chi connectivity index (χ1n) is 5.39. The number of halogens is 1. The van der Waals surface area contributed by atoms with E-state index in [0.717, 1.165) is 21.7 Å². The van der Waals surface area contributed by atoms with E-state index in [2.05, 4.69) is 10.2 Å². The van der Waals surface area contributed by atoms with E-state index in [1.807, 2.05) is 41.8 Å². The van der Waals surface area contributed by atoms with Crippen LogP contribution in [0.25, 0.3) is 21.7 Å². The summed E-state index contributed by atoms with van der Waals surface area (Å²) >= 11 is 7.67. The average Bonchev–Trinajstić information content (AvgIpc) is 2.97. The third-order valence-electron chi connectivity index (χ3n) is 2.68. The number of nitrogens with zero attached hydrogens (tertiary/aromatic N) is 1. The third-order valence-corrected chi connectivity index (χ3v) is 3.80. The van der Waals surface area contributed by atoms with Crippen molar-refractivity contribution in [2.24, 2.45) is 0 Å². The number of aromatic nitrogens is 2. The van der Waals surface area contributed by atoms with E-state index in [1.165, 1.54) is 0 Å². The lowest BCUT2D eigenvalue weighted by atomic mass is 10.0. The summed E-state index contributed by atoms with van der Waals surface area (Å²) in [7, 11) is 0. The predicted octanol–water partition coefficient (Wildman–Crippen LogP) is 4.04. The van der Waals surface area contributed by atoms with Crippen LogP contribution in [0.15, 0.2) is 41.8 Å². The molecule has 3 nitrogen and oxygen atoms in total. The van der Waals surface area contributed by atoms with Crippen LogP contribution in [0.3, 0.4) is 0 Å². The zero-order valence-corrected chi connectivity index (χ0v) is 10.9. The minimum absolute atomic E-state index is 0.487. The normalized spacial score (nSPS) is 10.7. The Bertz CT molecular complexity index is 673. The largest absolute Gasteiger partial charge is 0.382 e. The summed E-state index contributed by atoms with van der Waals surface area (Å²) in [5.41, 5.74) is 8.76. The van der Waals surface area contributed by atoms with Crippen molar-refractivity contribution >= 4 is 28.8 Å². The molecule has 0 aliphatic carbocycles. The number of thiophene rings is 1. The molecule has 0 amide bonds. The van der Waals surface area contributed by atoms with Crippen LogP contribution in [0.2, 0.25) is 5.02 Å². The Kier molecular flexibility index (Phi) is 2.81. The molecular formula is C13H10ClN3S. The second kappa shape index (κ2) is 4.48. The van der Waals surface area contributed by atoms with E-state index in [9.17, 15) is 0 Å². The average molecular weight is 276 g/mol. The molecule has 3 aromatic rings. The van der Waals surface area contributed by atoms with Crippen LogP contribution in [0.5, 0.6) is 0 Å². The number of aromatic amines is 1. The zero-order chi connectivity index (χ0) is 12.5. The van der Waals surface area contributed by atoms with Crippen molar-refractivity contribution in [2.45, 2.75) is 0 Å². The molecule has 0 atom stereocenters. The maximum Gasteiger partial charge on any atom is 0.153 e. The summed E-state index contributed by atoms with van der Waals surface area (Å²) in [6.07, 6.45) is 0. The minimum Gasteiger partial charge on any atom is -0.382 e. The molecule has 0 fully saturated rings. The second-order valence-electron chi connectivity index (χ2n) is 3.85. The Morgan fingerprint density at radius 2 is 2.11 bits per heavy atom. The first-order valence-corrected chi connectivity index (χ1v) is 6.65. The smallest absolute Gasteiger partial charge is 0.153 e. The number of H-pyrrole nitrogens is 1. The topological polar surface area (TPSA) is 54.7 Å². The number of anilines is 1. The Labute approximate surface area is 113 Å². The van der Waals surface area contributed by atoms with Crippen LogP contribution in [0.1, 0.15) is 0 Å². The number of hydrogen-bond donors (Lipinski definition) is 2. The fourth-order valence-electron chi connectivity index (χ4n) is 1.89. The molecule has 0 saturated carbocycles. The molecule has 0 unspecified atom stereocenters. The molecule has 0 saturated heterocycles. The Balaban J connectivity index is 2.20. The van der Waals surface area contributed by atoms with Gasteiger partial charge in [-0.15, -0.1) is 11.3 Å². The van der Waals surface area contributed by atoms with E-state index < -0.39 is 0 Å². The monoisotopic (exact) mass is 275 g/mol. The van der Waals surface area contributed by atoms with Gasteiger partial charge in [0.25, 0.3) is 0 Å². The number of nitrogen functional groups attached to an aromatic ring is 1. The SMILES string of the molecule is Nc1n[nH]c(-c2cccs2)c1-c1cccc(Cl)c1. The molecule has 0 aliphatic heterocycles. The molecule has 0 spiro atoms. The summed E-state index contributed by atoms with van der Waals surface area (Å²) in [4.78, 5) is 1.11. The molecule has 0 radical (unpaired) electrons. The molecule has 1 aromatic carbocycles. The lowest BCUT2D eigenvalue weighted by Gasteiger charge is -2.03. The number of rotatable bonds is 2. The molecule has 2 heterocycles. The first kappa shape index (κ1) is 11.3. The van der Waals surface area contributed by atoms with Gasteiger partial charge in [-0.2, -0.15) is 5.10 Å². The molecule has 2 aromatic heterocycles. The van der Waals surface area contributed by atoms with E-state index in [1.54, 1.807) is 11.3 Å². The summed E-state index contributed by atoms with van der Waals surface area (Å²) in [6, 6.07) is 11.6. The quantitative estimate of drug-likeness (QED) is 0.741. The van der Waals surface area contributed by atoms with Crippen molar-refractivity contribution in [3.8, 4) is 21.7 Å². The van der Waals surface area contributed by atoms with Gasteiger partial charge in [-0.25, -0.2) is 0 Å². The highest BCUT2D eigenvalue weighted by molar-refractivity contribution is 7.13. The van der Waals surface area contributed by atoms with Crippen LogP contribution in [0.4, 0.5) is 5.82 Å². The van der Waals surface area contributed by atoms with Gasteiger partial charge >= 0.3 is 0 Å². The van der Waals surface area contributed by atoms with E-state index in [4.69, 9.17) is 17.3 Å². The maximum atomic E-state index is 6.02. The Hall–Kier alpha value is -1.78. The lowest BCUT2D eigenvalue weighted by molar-refractivity contribution is 1.11. The maximum absolute atomic E-state index is 6.02. The molecule has 5 heteroatoms. The third kappa shape index (κ3) is 1.89. The van der Waals surface area contributed by atoms with Gasteiger partial charge in [0.1, 0.15) is 0 Å².